The number of ketones is 1. The van der Waals surface area contributed by atoms with Crippen LogP contribution in [0.15, 0.2) is 48.0 Å². The molecule has 4 rings (SSSR count). The minimum Gasteiger partial charge on any atom is -0.507 e. The summed E-state index contributed by atoms with van der Waals surface area (Å²) in [6.07, 6.45) is 0. The molecule has 0 radical (unpaired) electrons. The molecule has 4 heteroatoms. The van der Waals surface area contributed by atoms with E-state index in [2.05, 4.69) is 0 Å². The number of hydrogen-bond donors (Lipinski definition) is 2. The molecule has 0 amide bonds. The maximum absolute atomic E-state index is 12.9. The summed E-state index contributed by atoms with van der Waals surface area (Å²) in [5.74, 6) is -0.0722. The third kappa shape index (κ3) is 1.39. The number of phenols is 1. The molecule has 0 atom stereocenters. The molecule has 0 bridgehead atoms. The lowest BCUT2D eigenvalue weighted by molar-refractivity contribution is 0.103. The highest BCUT2D eigenvalue weighted by Gasteiger charge is 2.40. The van der Waals surface area contributed by atoms with Gasteiger partial charge in [-0.2, -0.15) is 0 Å². The number of phenolic OH excluding ortho intramolecular Hbond substituents is 1. The summed E-state index contributed by atoms with van der Waals surface area (Å²) in [5.41, 5.74) is 2.75. The molecule has 22 heavy (non-hydrogen) atoms. The maximum Gasteiger partial charge on any atom is 0.202 e. The predicted molar refractivity (Wildman–Crippen MR) is 82.3 cm³/mol. The highest BCUT2D eigenvalue weighted by atomic mass is 16.5. The van der Waals surface area contributed by atoms with Crippen LogP contribution in [-0.4, -0.2) is 23.1 Å². The van der Waals surface area contributed by atoms with E-state index in [-0.39, 0.29) is 22.9 Å². The molecule has 0 fully saturated rings. The number of aliphatic hydroxyl groups excluding tert-OH is 1. The molecule has 0 spiro atoms. The predicted octanol–water partition coefficient (Wildman–Crippen LogP) is 3.39. The Morgan fingerprint density at radius 1 is 0.864 bits per heavy atom. The second-order valence-electron chi connectivity index (χ2n) is 5.21. The quantitative estimate of drug-likeness (QED) is 0.845. The van der Waals surface area contributed by atoms with E-state index in [4.69, 9.17) is 4.74 Å². The van der Waals surface area contributed by atoms with Gasteiger partial charge in [0.2, 0.25) is 5.78 Å². The van der Waals surface area contributed by atoms with Crippen LogP contribution in [0.4, 0.5) is 0 Å². The molecule has 2 aliphatic carbocycles. The number of ether oxygens (including phenoxy) is 1. The summed E-state index contributed by atoms with van der Waals surface area (Å²) < 4.78 is 5.41. The van der Waals surface area contributed by atoms with Crippen molar-refractivity contribution in [3.05, 3.63) is 70.3 Å². The summed E-state index contributed by atoms with van der Waals surface area (Å²) >= 11 is 0. The average Bonchev–Trinajstić information content (AvgIpc) is 2.87. The molecule has 2 aliphatic rings. The third-order valence-electron chi connectivity index (χ3n) is 4.11. The number of Topliss-reactive ketones (excluding diaryl/α,β-unsaturated/α-hetero) is 1. The first-order valence-corrected chi connectivity index (χ1v) is 6.84. The SMILES string of the molecule is COC1=C2C(=O)c3c(O)cccc3C(O)=C2c2ccccc21. The maximum atomic E-state index is 12.9. The van der Waals surface area contributed by atoms with Crippen molar-refractivity contribution in [3.63, 3.8) is 0 Å². The summed E-state index contributed by atoms with van der Waals surface area (Å²) in [6, 6.07) is 12.0. The highest BCUT2D eigenvalue weighted by Crippen LogP contribution is 2.50. The van der Waals surface area contributed by atoms with E-state index in [1.165, 1.54) is 13.2 Å². The lowest BCUT2D eigenvalue weighted by Gasteiger charge is -2.19. The first kappa shape index (κ1) is 12.7. The minimum absolute atomic E-state index is 0.0139. The van der Waals surface area contributed by atoms with Crippen LogP contribution in [0.3, 0.4) is 0 Å². The molecule has 0 saturated carbocycles. The number of carbonyl (C=O) groups excluding carboxylic acids is 1. The standard InChI is InChI=1S/C18H12O4/c1-22-18-10-6-3-2-5-9(10)14-15(18)17(21)13-11(16(14)20)7-4-8-12(13)19/h2-8,19-20H,1H3. The Bertz CT molecular complexity index is 903. The fourth-order valence-electron chi connectivity index (χ4n) is 3.19. The Labute approximate surface area is 126 Å². The van der Waals surface area contributed by atoms with Crippen molar-refractivity contribution in [2.45, 2.75) is 0 Å². The number of fused-ring (bicyclic) bond motifs is 4. The van der Waals surface area contributed by atoms with Gasteiger partial charge in [-0.05, 0) is 11.6 Å². The fourth-order valence-corrected chi connectivity index (χ4v) is 3.19. The monoisotopic (exact) mass is 292 g/mol. The van der Waals surface area contributed by atoms with Gasteiger partial charge in [-0.25, -0.2) is 0 Å². The van der Waals surface area contributed by atoms with Crippen molar-refractivity contribution in [1.82, 2.24) is 0 Å². The van der Waals surface area contributed by atoms with Crippen molar-refractivity contribution in [2.24, 2.45) is 0 Å². The van der Waals surface area contributed by atoms with E-state index < -0.39 is 0 Å². The van der Waals surface area contributed by atoms with Gasteiger partial charge in [0, 0.05) is 16.7 Å². The normalized spacial score (nSPS) is 15.6. The van der Waals surface area contributed by atoms with Crippen molar-refractivity contribution in [3.8, 4) is 5.75 Å². The Hall–Kier alpha value is -3.01. The van der Waals surface area contributed by atoms with Gasteiger partial charge in [0.1, 0.15) is 17.3 Å². The van der Waals surface area contributed by atoms with E-state index in [1.807, 2.05) is 24.3 Å². The molecular formula is C18H12O4. The summed E-state index contributed by atoms with van der Waals surface area (Å²) in [7, 11) is 1.49. The number of aliphatic hydroxyl groups is 1. The largest absolute Gasteiger partial charge is 0.507 e. The van der Waals surface area contributed by atoms with Gasteiger partial charge in [0.25, 0.3) is 0 Å². The van der Waals surface area contributed by atoms with Gasteiger partial charge >= 0.3 is 0 Å². The van der Waals surface area contributed by atoms with Crippen molar-refractivity contribution in [1.29, 1.82) is 0 Å². The lowest BCUT2D eigenvalue weighted by atomic mass is 9.84. The first-order valence-electron chi connectivity index (χ1n) is 6.84. The van der Waals surface area contributed by atoms with Crippen LogP contribution in [-0.2, 0) is 4.74 Å². The van der Waals surface area contributed by atoms with Crippen LogP contribution >= 0.6 is 0 Å². The van der Waals surface area contributed by atoms with Crippen molar-refractivity contribution < 1.29 is 19.7 Å². The van der Waals surface area contributed by atoms with Crippen LogP contribution in [0.5, 0.6) is 5.75 Å². The van der Waals surface area contributed by atoms with Gasteiger partial charge in [-0.1, -0.05) is 36.4 Å². The first-order chi connectivity index (χ1) is 10.6. The van der Waals surface area contributed by atoms with Crippen LogP contribution < -0.4 is 0 Å². The zero-order chi connectivity index (χ0) is 15.4. The van der Waals surface area contributed by atoms with E-state index in [9.17, 15) is 15.0 Å². The van der Waals surface area contributed by atoms with E-state index in [0.29, 0.717) is 22.5 Å². The molecule has 0 aliphatic heterocycles. The summed E-state index contributed by atoms with van der Waals surface area (Å²) in [5, 5.41) is 20.7. The minimum atomic E-state index is -0.339. The van der Waals surface area contributed by atoms with Crippen LogP contribution in [0, 0.1) is 0 Å². The van der Waals surface area contributed by atoms with Crippen LogP contribution in [0.2, 0.25) is 0 Å². The highest BCUT2D eigenvalue weighted by molar-refractivity contribution is 6.33. The van der Waals surface area contributed by atoms with Gasteiger partial charge in [-0.15, -0.1) is 0 Å². The van der Waals surface area contributed by atoms with E-state index in [1.54, 1.807) is 12.1 Å². The zero-order valence-corrected chi connectivity index (χ0v) is 11.8. The molecular weight excluding hydrogens is 280 g/mol. The third-order valence-corrected chi connectivity index (χ3v) is 4.11. The molecule has 108 valence electrons. The molecule has 0 unspecified atom stereocenters. The molecule has 0 heterocycles. The Morgan fingerprint density at radius 3 is 2.27 bits per heavy atom. The Balaban J connectivity index is 2.16. The Morgan fingerprint density at radius 2 is 1.55 bits per heavy atom. The van der Waals surface area contributed by atoms with E-state index >= 15 is 0 Å². The second-order valence-corrected chi connectivity index (χ2v) is 5.21. The Kier molecular flexibility index (Phi) is 2.45. The summed E-state index contributed by atoms with van der Waals surface area (Å²) in [6.45, 7) is 0. The fraction of sp³-hybridized carbons (Fsp3) is 0.0556. The molecule has 2 aromatic rings. The molecule has 2 N–H and O–H groups in total. The van der Waals surface area contributed by atoms with Gasteiger partial charge in [0.15, 0.2) is 0 Å². The molecule has 0 aromatic heterocycles. The van der Waals surface area contributed by atoms with Gasteiger partial charge in [-0.3, -0.25) is 4.79 Å². The zero-order valence-electron chi connectivity index (χ0n) is 11.8. The van der Waals surface area contributed by atoms with Gasteiger partial charge in [0.05, 0.1) is 18.2 Å². The lowest BCUT2D eigenvalue weighted by Crippen LogP contribution is -2.14. The number of carbonyl (C=O) groups is 1. The topological polar surface area (TPSA) is 66.8 Å². The molecule has 4 nitrogen and oxygen atoms in total. The van der Waals surface area contributed by atoms with Crippen molar-refractivity contribution >= 4 is 22.9 Å². The number of methoxy groups -OCH3 is 1. The number of aromatic hydroxyl groups is 1. The van der Waals surface area contributed by atoms with Crippen molar-refractivity contribution in [2.75, 3.05) is 7.11 Å². The molecule has 0 saturated heterocycles. The number of benzene rings is 2. The number of allylic oxidation sites excluding steroid dienone is 2. The molecule has 2 aromatic carbocycles. The van der Waals surface area contributed by atoms with Gasteiger partial charge < -0.3 is 14.9 Å². The van der Waals surface area contributed by atoms with E-state index in [0.717, 1.165) is 11.1 Å². The van der Waals surface area contributed by atoms with Crippen LogP contribution in [0.1, 0.15) is 27.0 Å². The van der Waals surface area contributed by atoms with Crippen LogP contribution in [0.25, 0.3) is 17.1 Å². The second kappa shape index (κ2) is 4.24. The smallest absolute Gasteiger partial charge is 0.202 e. The number of rotatable bonds is 1. The summed E-state index contributed by atoms with van der Waals surface area (Å²) in [4.78, 5) is 12.9. The average molecular weight is 292 g/mol. The number of hydrogen-bond acceptors (Lipinski definition) is 4.